The van der Waals surface area contributed by atoms with Crippen LogP contribution in [0.1, 0.15) is 17.0 Å². The number of hydrogen-bond acceptors (Lipinski definition) is 3. The molecule has 0 spiro atoms. The lowest BCUT2D eigenvalue weighted by Crippen LogP contribution is -2.07. The molecular weight excluding hydrogens is 310 g/mol. The van der Waals surface area contributed by atoms with Gasteiger partial charge in [0.1, 0.15) is 5.82 Å². The highest BCUT2D eigenvalue weighted by Gasteiger charge is 2.03. The van der Waals surface area contributed by atoms with Crippen LogP contribution in [0, 0.1) is 13.8 Å². The van der Waals surface area contributed by atoms with Gasteiger partial charge in [0.25, 0.3) is 0 Å². The molecule has 0 atom stereocenters. The highest BCUT2D eigenvalue weighted by Crippen LogP contribution is 2.20. The Hall–Kier alpha value is -3.27. The summed E-state index contributed by atoms with van der Waals surface area (Å²) in [6.45, 7) is 3.88. The van der Waals surface area contributed by atoms with Crippen molar-refractivity contribution in [2.75, 3.05) is 5.32 Å². The number of amides is 1. The summed E-state index contributed by atoms with van der Waals surface area (Å²) in [5.41, 5.74) is 4.66. The van der Waals surface area contributed by atoms with Gasteiger partial charge in [-0.2, -0.15) is 0 Å². The number of nitrogens with zero attached hydrogens (tertiary/aromatic N) is 2. The Morgan fingerprint density at radius 3 is 2.68 bits per heavy atom. The van der Waals surface area contributed by atoms with Crippen LogP contribution in [-0.4, -0.2) is 15.9 Å². The predicted octanol–water partition coefficient (Wildman–Crippen LogP) is 4.41. The van der Waals surface area contributed by atoms with Crippen molar-refractivity contribution in [3.05, 3.63) is 83.8 Å². The second-order valence-electron chi connectivity index (χ2n) is 5.81. The average molecular weight is 329 g/mol. The molecule has 0 aliphatic heterocycles. The summed E-state index contributed by atoms with van der Waals surface area (Å²) in [6.07, 6.45) is 5.07. The molecule has 0 saturated heterocycles. The van der Waals surface area contributed by atoms with Crippen molar-refractivity contribution in [2.24, 2.45) is 0 Å². The van der Waals surface area contributed by atoms with Crippen LogP contribution < -0.4 is 5.32 Å². The highest BCUT2D eigenvalue weighted by atomic mass is 16.1. The molecule has 2 aromatic carbocycles. The van der Waals surface area contributed by atoms with Gasteiger partial charge in [0.05, 0.1) is 5.69 Å². The van der Waals surface area contributed by atoms with Gasteiger partial charge in [-0.15, -0.1) is 0 Å². The van der Waals surface area contributed by atoms with Crippen molar-refractivity contribution in [3.63, 3.8) is 0 Å². The molecule has 0 bridgehead atoms. The van der Waals surface area contributed by atoms with E-state index in [0.717, 1.165) is 28.1 Å². The number of benzene rings is 2. The maximum atomic E-state index is 12.1. The zero-order valence-electron chi connectivity index (χ0n) is 14.2. The summed E-state index contributed by atoms with van der Waals surface area (Å²) in [5, 5.41) is 2.88. The highest BCUT2D eigenvalue weighted by molar-refractivity contribution is 6.02. The minimum atomic E-state index is -0.169. The Morgan fingerprint density at radius 2 is 1.88 bits per heavy atom. The molecule has 124 valence electrons. The SMILES string of the molecule is Cc1cccc(/C=C/C(=O)Nc2cccc(-c3ccnc(C)n3)c2)c1. The molecule has 25 heavy (non-hydrogen) atoms. The molecule has 0 aliphatic rings. The monoisotopic (exact) mass is 329 g/mol. The fraction of sp³-hybridized carbons (Fsp3) is 0.0952. The largest absolute Gasteiger partial charge is 0.322 e. The summed E-state index contributed by atoms with van der Waals surface area (Å²) in [5.74, 6) is 0.547. The minimum absolute atomic E-state index is 0.169. The van der Waals surface area contributed by atoms with Crippen molar-refractivity contribution in [1.82, 2.24) is 9.97 Å². The van der Waals surface area contributed by atoms with Gasteiger partial charge in [0.2, 0.25) is 5.91 Å². The maximum Gasteiger partial charge on any atom is 0.248 e. The molecule has 4 heteroatoms. The van der Waals surface area contributed by atoms with E-state index in [-0.39, 0.29) is 5.91 Å². The van der Waals surface area contributed by atoms with Crippen LogP contribution in [0.25, 0.3) is 17.3 Å². The number of nitrogens with one attached hydrogen (secondary N) is 1. The second kappa shape index (κ2) is 7.53. The lowest BCUT2D eigenvalue weighted by atomic mass is 10.1. The summed E-state index contributed by atoms with van der Waals surface area (Å²) in [4.78, 5) is 20.7. The van der Waals surface area contributed by atoms with Gasteiger partial charge in [-0.3, -0.25) is 4.79 Å². The van der Waals surface area contributed by atoms with E-state index in [1.807, 2.05) is 68.4 Å². The van der Waals surface area contributed by atoms with Crippen molar-refractivity contribution in [3.8, 4) is 11.3 Å². The quantitative estimate of drug-likeness (QED) is 0.721. The average Bonchev–Trinajstić information content (AvgIpc) is 2.60. The summed E-state index contributed by atoms with van der Waals surface area (Å²) >= 11 is 0. The number of hydrogen-bond donors (Lipinski definition) is 1. The van der Waals surface area contributed by atoms with E-state index < -0.39 is 0 Å². The maximum absolute atomic E-state index is 12.1. The van der Waals surface area contributed by atoms with E-state index in [2.05, 4.69) is 15.3 Å². The Labute approximate surface area is 147 Å². The van der Waals surface area contributed by atoms with Gasteiger partial charge in [-0.1, -0.05) is 42.0 Å². The van der Waals surface area contributed by atoms with Crippen LogP contribution in [0.5, 0.6) is 0 Å². The lowest BCUT2D eigenvalue weighted by Gasteiger charge is -2.06. The Bertz CT molecular complexity index is 932. The normalized spacial score (nSPS) is 10.8. The molecule has 0 unspecified atom stereocenters. The van der Waals surface area contributed by atoms with E-state index in [4.69, 9.17) is 0 Å². The first kappa shape index (κ1) is 16.6. The Morgan fingerprint density at radius 1 is 1.04 bits per heavy atom. The first-order valence-electron chi connectivity index (χ1n) is 8.06. The van der Waals surface area contributed by atoms with E-state index in [0.29, 0.717) is 5.82 Å². The molecule has 1 N–H and O–H groups in total. The molecule has 0 fully saturated rings. The topological polar surface area (TPSA) is 54.9 Å². The van der Waals surface area contributed by atoms with Gasteiger partial charge in [-0.25, -0.2) is 9.97 Å². The van der Waals surface area contributed by atoms with Gasteiger partial charge in [0.15, 0.2) is 0 Å². The fourth-order valence-corrected chi connectivity index (χ4v) is 2.50. The molecule has 0 saturated carbocycles. The van der Waals surface area contributed by atoms with Crippen LogP contribution in [0.4, 0.5) is 5.69 Å². The lowest BCUT2D eigenvalue weighted by molar-refractivity contribution is -0.111. The third-order valence-corrected chi connectivity index (χ3v) is 3.67. The van der Waals surface area contributed by atoms with E-state index >= 15 is 0 Å². The van der Waals surface area contributed by atoms with Gasteiger partial charge in [-0.05, 0) is 43.7 Å². The smallest absolute Gasteiger partial charge is 0.248 e. The molecule has 1 heterocycles. The van der Waals surface area contributed by atoms with Crippen molar-refractivity contribution < 1.29 is 4.79 Å². The van der Waals surface area contributed by atoms with Gasteiger partial charge >= 0.3 is 0 Å². The van der Waals surface area contributed by atoms with Crippen LogP contribution in [0.15, 0.2) is 66.9 Å². The molecular formula is C21H19N3O. The number of aryl methyl sites for hydroxylation is 2. The number of anilines is 1. The molecule has 3 aromatic rings. The molecule has 1 aromatic heterocycles. The van der Waals surface area contributed by atoms with Crippen LogP contribution in [0.2, 0.25) is 0 Å². The molecule has 3 rings (SSSR count). The summed E-state index contributed by atoms with van der Waals surface area (Å²) < 4.78 is 0. The van der Waals surface area contributed by atoms with E-state index in [1.54, 1.807) is 12.3 Å². The standard InChI is InChI=1S/C21H19N3O/c1-15-5-3-6-17(13-15)9-10-21(25)24-19-8-4-7-18(14-19)20-11-12-22-16(2)23-20/h3-14H,1-2H3,(H,24,25)/b10-9+. The van der Waals surface area contributed by atoms with Gasteiger partial charge < -0.3 is 5.32 Å². The molecule has 4 nitrogen and oxygen atoms in total. The number of aromatic nitrogens is 2. The Kier molecular flexibility index (Phi) is 5.00. The second-order valence-corrected chi connectivity index (χ2v) is 5.81. The van der Waals surface area contributed by atoms with E-state index in [1.165, 1.54) is 6.08 Å². The Balaban J connectivity index is 1.72. The molecule has 0 aliphatic carbocycles. The third-order valence-electron chi connectivity index (χ3n) is 3.67. The van der Waals surface area contributed by atoms with Crippen LogP contribution in [0.3, 0.4) is 0 Å². The molecule has 0 radical (unpaired) electrons. The van der Waals surface area contributed by atoms with Crippen LogP contribution >= 0.6 is 0 Å². The number of carbonyl (C=O) groups excluding carboxylic acids is 1. The van der Waals surface area contributed by atoms with Crippen molar-refractivity contribution in [2.45, 2.75) is 13.8 Å². The van der Waals surface area contributed by atoms with Crippen molar-refractivity contribution in [1.29, 1.82) is 0 Å². The third kappa shape index (κ3) is 4.61. The molecule has 1 amide bonds. The zero-order valence-corrected chi connectivity index (χ0v) is 14.2. The number of carbonyl (C=O) groups is 1. The van der Waals surface area contributed by atoms with Gasteiger partial charge in [0, 0.05) is 23.5 Å². The summed E-state index contributed by atoms with van der Waals surface area (Å²) in [6, 6.07) is 17.5. The summed E-state index contributed by atoms with van der Waals surface area (Å²) in [7, 11) is 0. The minimum Gasteiger partial charge on any atom is -0.322 e. The first-order chi connectivity index (χ1) is 12.1. The predicted molar refractivity (Wildman–Crippen MR) is 101 cm³/mol. The number of rotatable bonds is 4. The fourth-order valence-electron chi connectivity index (χ4n) is 2.50. The van der Waals surface area contributed by atoms with Crippen LogP contribution in [-0.2, 0) is 4.79 Å². The van der Waals surface area contributed by atoms with Crippen molar-refractivity contribution >= 4 is 17.7 Å². The van der Waals surface area contributed by atoms with E-state index in [9.17, 15) is 4.79 Å². The first-order valence-corrected chi connectivity index (χ1v) is 8.06. The zero-order chi connectivity index (χ0) is 17.6.